The van der Waals surface area contributed by atoms with E-state index in [0.29, 0.717) is 25.7 Å². The quantitative estimate of drug-likeness (QED) is 0.0116. The highest BCUT2D eigenvalue weighted by atomic mass is 31.3. The number of phosphoric acid groups is 2. The normalized spacial score (nSPS) is 19.7. The SMILES string of the molecule is CC/C=C\CC(O)/C=C/C=C/C/C=C\C/C=C\C/C=C\CCC(=O)OC[C@H](COP(=O)(O)OP(=O)(O)OC[C@H]1O[C@@H](n2ccc(N)nc2=O)[C@H](O)[C@@H]1O)OC(=O)CCCCCCCCCCCCCCCCCCCCC(C)CC. The minimum atomic E-state index is -5.45. The summed E-state index contributed by atoms with van der Waals surface area (Å²) in [5.74, 6) is -0.552. The van der Waals surface area contributed by atoms with E-state index < -0.39 is 89.8 Å². The molecule has 1 aliphatic heterocycles. The minimum absolute atomic E-state index is 0.0153. The van der Waals surface area contributed by atoms with E-state index in [2.05, 4.69) is 42.2 Å². The van der Waals surface area contributed by atoms with Gasteiger partial charge in [-0.1, -0.05) is 216 Å². The van der Waals surface area contributed by atoms with Crippen molar-refractivity contribution in [2.24, 2.45) is 5.92 Å². The van der Waals surface area contributed by atoms with Crippen molar-refractivity contribution in [3.8, 4) is 0 Å². The molecule has 19 nitrogen and oxygen atoms in total. The Morgan fingerprint density at radius 1 is 0.713 bits per heavy atom. The number of aromatic nitrogens is 2. The second-order valence-electron chi connectivity index (χ2n) is 20.6. The first-order chi connectivity index (χ1) is 38.5. The van der Waals surface area contributed by atoms with Crippen LogP contribution in [0.5, 0.6) is 0 Å². The molecule has 1 aromatic rings. The van der Waals surface area contributed by atoms with E-state index in [9.17, 15) is 48.6 Å². The van der Waals surface area contributed by atoms with Gasteiger partial charge in [0.15, 0.2) is 12.3 Å². The maximum atomic E-state index is 12.9. The number of carbonyl (C=O) groups excluding carboxylic acids is 2. The van der Waals surface area contributed by atoms with Crippen LogP contribution in [0.25, 0.3) is 0 Å². The summed E-state index contributed by atoms with van der Waals surface area (Å²) in [6.07, 6.45) is 44.5. The Hall–Kier alpha value is -3.84. The van der Waals surface area contributed by atoms with E-state index in [0.717, 1.165) is 61.6 Å². The molecule has 2 rings (SSSR count). The zero-order valence-electron chi connectivity index (χ0n) is 48.1. The van der Waals surface area contributed by atoms with Gasteiger partial charge < -0.3 is 45.1 Å². The zero-order chi connectivity index (χ0) is 58.7. The van der Waals surface area contributed by atoms with Crippen LogP contribution in [0.1, 0.15) is 207 Å². The fourth-order valence-electron chi connectivity index (χ4n) is 8.52. The van der Waals surface area contributed by atoms with Crippen molar-refractivity contribution in [3.05, 3.63) is 95.7 Å². The number of aliphatic hydroxyl groups is 3. The summed E-state index contributed by atoms with van der Waals surface area (Å²) < 4.78 is 56.9. The second-order valence-corrected chi connectivity index (χ2v) is 23.6. The van der Waals surface area contributed by atoms with Gasteiger partial charge in [-0.2, -0.15) is 9.29 Å². The third-order valence-electron chi connectivity index (χ3n) is 13.4. The van der Waals surface area contributed by atoms with Crippen molar-refractivity contribution in [1.29, 1.82) is 0 Å². The third-order valence-corrected chi connectivity index (χ3v) is 16.0. The predicted molar refractivity (Wildman–Crippen MR) is 313 cm³/mol. The molecule has 1 aromatic heterocycles. The number of nitrogen functional groups attached to an aromatic ring is 1. The predicted octanol–water partition coefficient (Wildman–Crippen LogP) is 12.4. The summed E-state index contributed by atoms with van der Waals surface area (Å²) in [6, 6.07) is 1.24. The van der Waals surface area contributed by atoms with Crippen molar-refractivity contribution in [2.75, 3.05) is 25.6 Å². The number of aliphatic hydroxyl groups excluding tert-OH is 3. The molecule has 0 radical (unpaired) electrons. The molecule has 80 heavy (non-hydrogen) atoms. The molecule has 0 aromatic carbocycles. The lowest BCUT2D eigenvalue weighted by Crippen LogP contribution is -2.36. The van der Waals surface area contributed by atoms with Crippen molar-refractivity contribution in [3.63, 3.8) is 0 Å². The zero-order valence-corrected chi connectivity index (χ0v) is 49.9. The summed E-state index contributed by atoms with van der Waals surface area (Å²) >= 11 is 0. The highest BCUT2D eigenvalue weighted by Gasteiger charge is 2.46. The van der Waals surface area contributed by atoms with Gasteiger partial charge in [-0.15, -0.1) is 0 Å². The minimum Gasteiger partial charge on any atom is -0.462 e. The summed E-state index contributed by atoms with van der Waals surface area (Å²) in [5, 5.41) is 30.9. The van der Waals surface area contributed by atoms with Gasteiger partial charge in [0.1, 0.15) is 30.7 Å². The number of anilines is 1. The first-order valence-corrected chi connectivity index (χ1v) is 32.4. The van der Waals surface area contributed by atoms with Crippen LogP contribution in [0.2, 0.25) is 0 Å². The number of allylic oxidation sites excluding steroid dienone is 10. The van der Waals surface area contributed by atoms with E-state index >= 15 is 0 Å². The molecule has 21 heteroatoms. The highest BCUT2D eigenvalue weighted by Crippen LogP contribution is 2.60. The Labute approximate surface area is 477 Å². The van der Waals surface area contributed by atoms with E-state index in [-0.39, 0.29) is 18.7 Å². The van der Waals surface area contributed by atoms with Gasteiger partial charge in [-0.05, 0) is 56.9 Å². The van der Waals surface area contributed by atoms with Crippen LogP contribution in [-0.4, -0.2) is 96.9 Å². The molecule has 2 heterocycles. The van der Waals surface area contributed by atoms with Gasteiger partial charge in [-0.25, -0.2) is 13.9 Å². The summed E-state index contributed by atoms with van der Waals surface area (Å²) in [6.45, 7) is 4.28. The first kappa shape index (κ1) is 72.3. The Balaban J connectivity index is 1.78. The molecule has 1 saturated heterocycles. The highest BCUT2D eigenvalue weighted by molar-refractivity contribution is 7.61. The number of nitrogens with zero attached hydrogens (tertiary/aromatic N) is 2. The van der Waals surface area contributed by atoms with Crippen LogP contribution in [0, 0.1) is 5.92 Å². The molecule has 0 aliphatic carbocycles. The molecule has 4 unspecified atom stereocenters. The number of hydrogen-bond donors (Lipinski definition) is 6. The van der Waals surface area contributed by atoms with Crippen molar-refractivity contribution >= 4 is 33.4 Å². The van der Waals surface area contributed by atoms with Crippen LogP contribution in [0.3, 0.4) is 0 Å². The fraction of sp³-hybridized carbons (Fsp3) is 0.695. The average molecular weight is 1170 g/mol. The monoisotopic (exact) mass is 1170 g/mol. The Morgan fingerprint density at radius 3 is 1.84 bits per heavy atom. The van der Waals surface area contributed by atoms with Crippen LogP contribution < -0.4 is 11.4 Å². The maximum Gasteiger partial charge on any atom is 0.481 e. The number of unbranched alkanes of at least 4 members (excludes halogenated alkanes) is 17. The lowest BCUT2D eigenvalue weighted by atomic mass is 9.99. The first-order valence-electron chi connectivity index (χ1n) is 29.5. The number of esters is 2. The number of nitrogens with two attached hydrogens (primary N) is 1. The third kappa shape index (κ3) is 36.6. The molecule has 0 saturated carbocycles. The maximum absolute atomic E-state index is 12.9. The van der Waals surface area contributed by atoms with Crippen LogP contribution in [0.4, 0.5) is 5.82 Å². The van der Waals surface area contributed by atoms with E-state index in [1.54, 1.807) is 6.08 Å². The van der Waals surface area contributed by atoms with Crippen molar-refractivity contribution in [2.45, 2.75) is 237 Å². The molecule has 1 fully saturated rings. The molecule has 456 valence electrons. The number of carbonyl (C=O) groups is 2. The van der Waals surface area contributed by atoms with Gasteiger partial charge in [0.25, 0.3) is 0 Å². The van der Waals surface area contributed by atoms with Gasteiger partial charge >= 0.3 is 33.3 Å². The number of phosphoric ester groups is 2. The lowest BCUT2D eigenvalue weighted by molar-refractivity contribution is -0.161. The van der Waals surface area contributed by atoms with Crippen molar-refractivity contribution in [1.82, 2.24) is 9.55 Å². The van der Waals surface area contributed by atoms with Crippen LogP contribution in [-0.2, 0) is 46.3 Å². The topological polar surface area (TPSA) is 286 Å². The summed E-state index contributed by atoms with van der Waals surface area (Å²) in [4.78, 5) is 62.1. The van der Waals surface area contributed by atoms with Gasteiger partial charge in [0.2, 0.25) is 0 Å². The molecule has 1 aliphatic rings. The molecule has 7 N–H and O–H groups in total. The number of hydrogen-bond acceptors (Lipinski definition) is 16. The fourth-order valence-corrected chi connectivity index (χ4v) is 10.6. The number of rotatable bonds is 48. The Kier molecular flexibility index (Phi) is 40.4. The molecular weight excluding hydrogens is 1070 g/mol. The average Bonchev–Trinajstić information content (AvgIpc) is 3.69. The van der Waals surface area contributed by atoms with Gasteiger partial charge in [-0.3, -0.25) is 23.2 Å². The second kappa shape index (κ2) is 44.7. The molecule has 0 bridgehead atoms. The summed E-state index contributed by atoms with van der Waals surface area (Å²) in [5.41, 5.74) is 4.59. The molecular formula is C59H99N3O16P2. The van der Waals surface area contributed by atoms with Gasteiger partial charge in [0, 0.05) is 19.0 Å². The van der Waals surface area contributed by atoms with E-state index in [1.165, 1.54) is 102 Å². The van der Waals surface area contributed by atoms with Crippen LogP contribution in [0.15, 0.2) is 90.0 Å². The smallest absolute Gasteiger partial charge is 0.462 e. The largest absolute Gasteiger partial charge is 0.481 e. The Morgan fingerprint density at radius 2 is 1.26 bits per heavy atom. The summed E-state index contributed by atoms with van der Waals surface area (Å²) in [7, 11) is -10.9. The van der Waals surface area contributed by atoms with Crippen molar-refractivity contribution < 1.29 is 71.4 Å². The molecule has 9 atom stereocenters. The van der Waals surface area contributed by atoms with E-state index in [1.807, 2.05) is 54.7 Å². The van der Waals surface area contributed by atoms with Crippen LogP contribution >= 0.6 is 15.6 Å². The Bertz CT molecular complexity index is 2170. The van der Waals surface area contributed by atoms with E-state index in [4.69, 9.17) is 29.0 Å². The number of ether oxygens (including phenoxy) is 3. The lowest BCUT2D eigenvalue weighted by Gasteiger charge is -2.21. The molecule has 0 amide bonds. The molecule has 0 spiro atoms. The van der Waals surface area contributed by atoms with Gasteiger partial charge in [0.05, 0.1) is 19.3 Å². The standard InChI is InChI=1S/C59H99N3O16P2/c1-4-6-34-40-50(63)41-36-31-27-23-19-15-13-17-20-24-28-32-37-42-54(64)73-46-51(76-55(65)43-38-33-29-25-21-16-12-10-8-7-9-11-14-18-22-26-30-35-39-49(3)5-2)47-74-79(69,70)78-80(71,72)75-48-52-56(66)57(67)58(77-52)62-45-44-53(60)61-59(62)68/h6,15,17,19-20,27-28,31-32,34,36,41,44-45,49-52,56-58,63,66-67H,4-5,7-14,16,18,21-26,29-30,33,35,37-40,42-43,46-48H2,1-3H3,(H,69,70)(H,71,72)(H2,60,61,68)/b19-15-,20-17-,31-27+,32-28-,34-6-,41-36+/t49?,50?,51-,52-,56-,57-,58-/m1/s1.